The van der Waals surface area contributed by atoms with Crippen LogP contribution in [-0.4, -0.2) is 6.03 Å². The highest BCUT2D eigenvalue weighted by Crippen LogP contribution is 2.25. The van der Waals surface area contributed by atoms with E-state index in [4.69, 9.17) is 11.6 Å². The molecule has 2 rings (SSSR count). The van der Waals surface area contributed by atoms with E-state index in [0.717, 1.165) is 21.3 Å². The fourth-order valence-electron chi connectivity index (χ4n) is 1.88. The molecule has 0 saturated carbocycles. The van der Waals surface area contributed by atoms with Crippen LogP contribution < -0.4 is 10.6 Å². The van der Waals surface area contributed by atoms with Crippen LogP contribution in [0.2, 0.25) is 5.02 Å². The Morgan fingerprint density at radius 1 is 1.05 bits per heavy atom. The number of halogens is 2. The van der Waals surface area contributed by atoms with Gasteiger partial charge in [0.05, 0.1) is 0 Å². The summed E-state index contributed by atoms with van der Waals surface area (Å²) in [4.78, 5) is 11.9. The van der Waals surface area contributed by atoms with E-state index in [-0.39, 0.29) is 6.03 Å². The van der Waals surface area contributed by atoms with Gasteiger partial charge < -0.3 is 10.6 Å². The van der Waals surface area contributed by atoms with Crippen LogP contribution in [0.3, 0.4) is 0 Å². The average Bonchev–Trinajstić information content (AvgIpc) is 2.35. The first-order valence-electron chi connectivity index (χ1n) is 6.06. The molecule has 0 spiro atoms. The van der Waals surface area contributed by atoms with Gasteiger partial charge in [-0.3, -0.25) is 0 Å². The minimum Gasteiger partial charge on any atom is -0.308 e. The zero-order valence-electron chi connectivity index (χ0n) is 11.1. The van der Waals surface area contributed by atoms with Crippen molar-refractivity contribution in [2.75, 3.05) is 10.6 Å². The Morgan fingerprint density at radius 2 is 1.65 bits per heavy atom. The van der Waals surface area contributed by atoms with E-state index in [1.807, 2.05) is 26.0 Å². The maximum absolute atomic E-state index is 11.9. The van der Waals surface area contributed by atoms with Crippen molar-refractivity contribution in [2.24, 2.45) is 0 Å². The lowest BCUT2D eigenvalue weighted by Gasteiger charge is -2.11. The lowest BCUT2D eigenvalue weighted by molar-refractivity contribution is 0.262. The molecule has 0 aromatic heterocycles. The fraction of sp³-hybridized carbons (Fsp3) is 0.133. The van der Waals surface area contributed by atoms with Crippen molar-refractivity contribution in [1.82, 2.24) is 0 Å². The maximum atomic E-state index is 11.9. The molecule has 0 aliphatic heterocycles. The molecule has 2 aromatic rings. The number of rotatable bonds is 2. The second kappa shape index (κ2) is 6.29. The lowest BCUT2D eigenvalue weighted by Crippen LogP contribution is -2.19. The number of amides is 2. The van der Waals surface area contributed by atoms with Crippen LogP contribution in [-0.2, 0) is 0 Å². The van der Waals surface area contributed by atoms with Gasteiger partial charge in [-0.1, -0.05) is 33.6 Å². The Bertz CT molecular complexity index is 635. The number of carbonyl (C=O) groups excluding carboxylic acids is 1. The molecule has 0 radical (unpaired) electrons. The van der Waals surface area contributed by atoms with E-state index >= 15 is 0 Å². The van der Waals surface area contributed by atoms with Crippen LogP contribution in [0.25, 0.3) is 0 Å². The Labute approximate surface area is 131 Å². The summed E-state index contributed by atoms with van der Waals surface area (Å²) in [5, 5.41) is 6.12. The monoisotopic (exact) mass is 352 g/mol. The smallest absolute Gasteiger partial charge is 0.308 e. The highest BCUT2D eigenvalue weighted by Gasteiger charge is 2.06. The number of carbonyl (C=O) groups is 1. The molecule has 2 aromatic carbocycles. The highest BCUT2D eigenvalue weighted by molar-refractivity contribution is 9.10. The van der Waals surface area contributed by atoms with Gasteiger partial charge in [-0.15, -0.1) is 0 Å². The Balaban J connectivity index is 2.09. The third-order valence-corrected chi connectivity index (χ3v) is 4.26. The predicted octanol–water partition coefficient (Wildman–Crippen LogP) is 5.36. The molecule has 0 aliphatic carbocycles. The van der Waals surface area contributed by atoms with Crippen molar-refractivity contribution in [1.29, 1.82) is 0 Å². The topological polar surface area (TPSA) is 41.1 Å². The van der Waals surface area contributed by atoms with Crippen LogP contribution >= 0.6 is 27.5 Å². The maximum Gasteiger partial charge on any atom is 0.323 e. The molecule has 0 bridgehead atoms. The van der Waals surface area contributed by atoms with Crippen molar-refractivity contribution < 1.29 is 4.79 Å². The molecule has 0 saturated heterocycles. The van der Waals surface area contributed by atoms with E-state index in [1.54, 1.807) is 24.3 Å². The molecule has 3 nitrogen and oxygen atoms in total. The molecule has 20 heavy (non-hydrogen) atoms. The summed E-state index contributed by atoms with van der Waals surface area (Å²) in [6.07, 6.45) is 0. The van der Waals surface area contributed by atoms with Crippen molar-refractivity contribution in [3.63, 3.8) is 0 Å². The number of benzene rings is 2. The minimum absolute atomic E-state index is 0.298. The normalized spacial score (nSPS) is 10.2. The van der Waals surface area contributed by atoms with Crippen LogP contribution in [0.1, 0.15) is 11.1 Å². The van der Waals surface area contributed by atoms with E-state index in [2.05, 4.69) is 26.6 Å². The summed E-state index contributed by atoms with van der Waals surface area (Å²) in [6.45, 7) is 3.97. The number of hydrogen-bond acceptors (Lipinski definition) is 1. The van der Waals surface area contributed by atoms with Gasteiger partial charge in [0.2, 0.25) is 0 Å². The van der Waals surface area contributed by atoms with Crippen LogP contribution in [0.4, 0.5) is 16.2 Å². The molecular formula is C15H14BrClN2O. The first-order chi connectivity index (χ1) is 9.45. The van der Waals surface area contributed by atoms with E-state index < -0.39 is 0 Å². The quantitative estimate of drug-likeness (QED) is 0.749. The summed E-state index contributed by atoms with van der Waals surface area (Å²) in [6, 6.07) is 10.5. The summed E-state index contributed by atoms with van der Waals surface area (Å²) in [7, 11) is 0. The summed E-state index contributed by atoms with van der Waals surface area (Å²) < 4.78 is 1.05. The second-order valence-electron chi connectivity index (χ2n) is 4.51. The molecule has 0 heterocycles. The zero-order valence-corrected chi connectivity index (χ0v) is 13.5. The summed E-state index contributed by atoms with van der Waals surface area (Å²) >= 11 is 9.37. The van der Waals surface area contributed by atoms with Crippen molar-refractivity contribution in [3.05, 3.63) is 57.0 Å². The highest BCUT2D eigenvalue weighted by atomic mass is 79.9. The van der Waals surface area contributed by atoms with Gasteiger partial charge >= 0.3 is 6.03 Å². The van der Waals surface area contributed by atoms with Gasteiger partial charge in [-0.25, -0.2) is 4.79 Å². The first-order valence-corrected chi connectivity index (χ1v) is 7.23. The third-order valence-electron chi connectivity index (χ3n) is 2.78. The van der Waals surface area contributed by atoms with Gasteiger partial charge in [0, 0.05) is 20.9 Å². The van der Waals surface area contributed by atoms with E-state index in [9.17, 15) is 4.79 Å². The summed E-state index contributed by atoms with van der Waals surface area (Å²) in [5.41, 5.74) is 3.55. The molecule has 104 valence electrons. The van der Waals surface area contributed by atoms with E-state index in [0.29, 0.717) is 10.7 Å². The third kappa shape index (κ3) is 3.74. The fourth-order valence-corrected chi connectivity index (χ4v) is 2.30. The van der Waals surface area contributed by atoms with Gasteiger partial charge in [0.25, 0.3) is 0 Å². The molecule has 2 N–H and O–H groups in total. The molecule has 0 atom stereocenters. The Hall–Kier alpha value is -1.52. The Kier molecular flexibility index (Phi) is 4.68. The largest absolute Gasteiger partial charge is 0.323 e. The number of hydrogen-bond donors (Lipinski definition) is 2. The second-order valence-corrected chi connectivity index (χ2v) is 5.74. The van der Waals surface area contributed by atoms with Gasteiger partial charge in [0.1, 0.15) is 0 Å². The van der Waals surface area contributed by atoms with Gasteiger partial charge in [0.15, 0.2) is 0 Å². The van der Waals surface area contributed by atoms with Crippen molar-refractivity contribution in [2.45, 2.75) is 13.8 Å². The zero-order chi connectivity index (χ0) is 14.7. The Morgan fingerprint density at radius 3 is 2.25 bits per heavy atom. The number of nitrogens with one attached hydrogen (secondary N) is 2. The van der Waals surface area contributed by atoms with Gasteiger partial charge in [-0.05, 0) is 55.3 Å². The molecule has 2 amide bonds. The number of aryl methyl sites for hydroxylation is 2. The molecule has 0 aliphatic rings. The number of anilines is 2. The minimum atomic E-state index is -0.298. The molecular weight excluding hydrogens is 340 g/mol. The molecule has 0 fully saturated rings. The van der Waals surface area contributed by atoms with Crippen molar-refractivity contribution >= 4 is 44.9 Å². The van der Waals surface area contributed by atoms with Gasteiger partial charge in [-0.2, -0.15) is 0 Å². The average molecular weight is 354 g/mol. The predicted molar refractivity (Wildman–Crippen MR) is 87.7 cm³/mol. The van der Waals surface area contributed by atoms with Crippen molar-refractivity contribution in [3.8, 4) is 0 Å². The van der Waals surface area contributed by atoms with Crippen LogP contribution in [0.15, 0.2) is 40.9 Å². The standard InChI is InChI=1S/C15H14BrClN2O/c1-9-6-13(7-10(2)14(9)16)19-15(20)18-12-5-3-4-11(17)8-12/h3-8H,1-2H3,(H2,18,19,20). The first kappa shape index (κ1) is 14.9. The van der Waals surface area contributed by atoms with E-state index in [1.165, 1.54) is 0 Å². The lowest BCUT2D eigenvalue weighted by atomic mass is 10.1. The summed E-state index contributed by atoms with van der Waals surface area (Å²) in [5.74, 6) is 0. The SMILES string of the molecule is Cc1cc(NC(=O)Nc2cccc(Cl)c2)cc(C)c1Br. The van der Waals surface area contributed by atoms with Crippen LogP contribution in [0.5, 0.6) is 0 Å². The van der Waals surface area contributed by atoms with Crippen LogP contribution in [0, 0.1) is 13.8 Å². The molecule has 5 heteroatoms. The molecule has 0 unspecified atom stereocenters. The number of urea groups is 1.